The van der Waals surface area contributed by atoms with E-state index in [0.29, 0.717) is 21.6 Å². The fraction of sp³-hybridized carbons (Fsp3) is 0.158. The molecule has 1 N–H and O–H groups in total. The second-order valence-corrected chi connectivity index (χ2v) is 6.44. The van der Waals surface area contributed by atoms with Crippen molar-refractivity contribution in [2.45, 2.75) is 20.0 Å². The summed E-state index contributed by atoms with van der Waals surface area (Å²) in [4.78, 5) is 35.1. The predicted molar refractivity (Wildman–Crippen MR) is 103 cm³/mol. The van der Waals surface area contributed by atoms with Crippen molar-refractivity contribution in [3.63, 3.8) is 0 Å². The average Bonchev–Trinajstić information content (AvgIpc) is 2.98. The van der Waals surface area contributed by atoms with E-state index >= 15 is 0 Å². The summed E-state index contributed by atoms with van der Waals surface area (Å²) in [5.41, 5.74) is 0.744. The van der Waals surface area contributed by atoms with E-state index in [1.54, 1.807) is 31.2 Å². The molecule has 3 rings (SSSR count). The molecule has 1 aromatic heterocycles. The number of nitro groups is 1. The molecule has 3 aromatic rings. The summed E-state index contributed by atoms with van der Waals surface area (Å²) in [5.74, 6) is -1.57. The van der Waals surface area contributed by atoms with Gasteiger partial charge in [0.1, 0.15) is 11.3 Å². The Hall–Kier alpha value is -3.39. The Balaban J connectivity index is 1.75. The molecule has 0 unspecified atom stereocenters. The van der Waals surface area contributed by atoms with Crippen molar-refractivity contribution in [3.05, 3.63) is 68.9 Å². The molecule has 0 saturated heterocycles. The van der Waals surface area contributed by atoms with Crippen LogP contribution in [-0.2, 0) is 9.53 Å². The molecule has 2 aromatic carbocycles. The predicted octanol–water partition coefficient (Wildman–Crippen LogP) is 4.49. The lowest BCUT2D eigenvalue weighted by atomic mass is 10.1. The number of para-hydroxylation sites is 2. The third-order valence-corrected chi connectivity index (χ3v) is 4.33. The van der Waals surface area contributed by atoms with Crippen LogP contribution in [0.25, 0.3) is 11.0 Å². The molecule has 1 heterocycles. The Morgan fingerprint density at radius 1 is 1.25 bits per heavy atom. The van der Waals surface area contributed by atoms with Crippen molar-refractivity contribution in [1.82, 2.24) is 0 Å². The lowest BCUT2D eigenvalue weighted by molar-refractivity contribution is -0.383. The molecule has 0 radical (unpaired) electrons. The minimum absolute atomic E-state index is 0.00922. The summed E-state index contributed by atoms with van der Waals surface area (Å²) in [6.45, 7) is 3.04. The molecule has 0 saturated carbocycles. The zero-order valence-electron chi connectivity index (χ0n) is 14.9. The fourth-order valence-corrected chi connectivity index (χ4v) is 2.80. The van der Waals surface area contributed by atoms with Crippen LogP contribution in [0.2, 0.25) is 5.02 Å². The summed E-state index contributed by atoms with van der Waals surface area (Å²) >= 11 is 5.96. The van der Waals surface area contributed by atoms with Crippen LogP contribution < -0.4 is 5.32 Å². The van der Waals surface area contributed by atoms with Gasteiger partial charge in [-0.1, -0.05) is 23.7 Å². The average molecular weight is 403 g/mol. The Labute approximate surface area is 164 Å². The minimum atomic E-state index is -1.21. The smallest absolute Gasteiger partial charge is 0.375 e. The molecule has 0 aliphatic carbocycles. The number of carbonyl (C=O) groups is 2. The fourth-order valence-electron chi connectivity index (χ4n) is 2.63. The van der Waals surface area contributed by atoms with Crippen molar-refractivity contribution in [1.29, 1.82) is 0 Å². The molecular formula is C19H15ClN2O6. The number of nitrogens with one attached hydrogen (secondary N) is 1. The highest BCUT2D eigenvalue weighted by Crippen LogP contribution is 2.29. The zero-order chi connectivity index (χ0) is 20.4. The Kier molecular flexibility index (Phi) is 5.32. The molecule has 28 heavy (non-hydrogen) atoms. The number of halogens is 1. The van der Waals surface area contributed by atoms with E-state index in [4.69, 9.17) is 20.8 Å². The zero-order valence-corrected chi connectivity index (χ0v) is 15.6. The molecule has 0 aliphatic rings. The summed E-state index contributed by atoms with van der Waals surface area (Å²) in [5, 5.41) is 14.6. The lowest BCUT2D eigenvalue weighted by Crippen LogP contribution is -2.30. The van der Waals surface area contributed by atoms with Crippen LogP contribution in [0, 0.1) is 17.0 Å². The van der Waals surface area contributed by atoms with Crippen LogP contribution in [-0.4, -0.2) is 22.9 Å². The SMILES string of the molecule is Cc1c(C(=O)O[C@H](C)C(=O)Nc2ccccc2[N+](=O)[O-])oc2ccc(Cl)cc12. The number of nitro benzene ring substituents is 1. The normalized spacial score (nSPS) is 11.8. The monoisotopic (exact) mass is 402 g/mol. The van der Waals surface area contributed by atoms with E-state index in [1.165, 1.54) is 25.1 Å². The van der Waals surface area contributed by atoms with Gasteiger partial charge in [-0.25, -0.2) is 4.79 Å². The number of aryl methyl sites for hydroxylation is 1. The second-order valence-electron chi connectivity index (χ2n) is 6.01. The second kappa shape index (κ2) is 7.69. The Morgan fingerprint density at radius 2 is 1.96 bits per heavy atom. The number of ether oxygens (including phenoxy) is 1. The first-order valence-electron chi connectivity index (χ1n) is 8.22. The van der Waals surface area contributed by atoms with Gasteiger partial charge in [0.25, 0.3) is 11.6 Å². The van der Waals surface area contributed by atoms with Gasteiger partial charge in [0.2, 0.25) is 5.76 Å². The summed E-state index contributed by atoms with van der Waals surface area (Å²) < 4.78 is 10.7. The highest BCUT2D eigenvalue weighted by atomic mass is 35.5. The first-order chi connectivity index (χ1) is 13.3. The van der Waals surface area contributed by atoms with Crippen molar-refractivity contribution < 1.29 is 23.7 Å². The van der Waals surface area contributed by atoms with Gasteiger partial charge in [0, 0.05) is 22.0 Å². The highest BCUT2D eigenvalue weighted by molar-refractivity contribution is 6.31. The van der Waals surface area contributed by atoms with E-state index < -0.39 is 22.9 Å². The van der Waals surface area contributed by atoms with Gasteiger partial charge in [-0.3, -0.25) is 14.9 Å². The molecule has 0 bridgehead atoms. The van der Waals surface area contributed by atoms with Gasteiger partial charge < -0.3 is 14.5 Å². The number of amides is 1. The molecule has 1 atom stereocenters. The number of benzene rings is 2. The van der Waals surface area contributed by atoms with Gasteiger partial charge >= 0.3 is 5.97 Å². The van der Waals surface area contributed by atoms with Gasteiger partial charge in [-0.2, -0.15) is 0 Å². The highest BCUT2D eigenvalue weighted by Gasteiger charge is 2.25. The van der Waals surface area contributed by atoms with E-state index in [9.17, 15) is 19.7 Å². The summed E-state index contributed by atoms with van der Waals surface area (Å²) in [7, 11) is 0. The summed E-state index contributed by atoms with van der Waals surface area (Å²) in [6.07, 6.45) is -1.21. The molecule has 0 fully saturated rings. The lowest BCUT2D eigenvalue weighted by Gasteiger charge is -2.13. The Bertz CT molecular complexity index is 1090. The van der Waals surface area contributed by atoms with Crippen LogP contribution in [0.5, 0.6) is 0 Å². The molecule has 8 nitrogen and oxygen atoms in total. The molecule has 144 valence electrons. The number of fused-ring (bicyclic) bond motifs is 1. The maximum Gasteiger partial charge on any atom is 0.375 e. The number of anilines is 1. The largest absolute Gasteiger partial charge is 0.449 e. The molecule has 0 aliphatic heterocycles. The van der Waals surface area contributed by atoms with Crippen molar-refractivity contribution in [3.8, 4) is 0 Å². The van der Waals surface area contributed by atoms with E-state index in [-0.39, 0.29) is 17.1 Å². The third-order valence-electron chi connectivity index (χ3n) is 4.10. The van der Waals surface area contributed by atoms with Crippen LogP contribution in [0.1, 0.15) is 23.0 Å². The van der Waals surface area contributed by atoms with Crippen LogP contribution in [0.4, 0.5) is 11.4 Å². The van der Waals surface area contributed by atoms with Gasteiger partial charge in [-0.15, -0.1) is 0 Å². The molecule has 1 amide bonds. The van der Waals surface area contributed by atoms with E-state index in [1.807, 2.05) is 0 Å². The number of hydrogen-bond donors (Lipinski definition) is 1. The molecular weight excluding hydrogens is 388 g/mol. The van der Waals surface area contributed by atoms with E-state index in [2.05, 4.69) is 5.32 Å². The van der Waals surface area contributed by atoms with E-state index in [0.717, 1.165) is 0 Å². The Morgan fingerprint density at radius 3 is 2.68 bits per heavy atom. The number of furan rings is 1. The van der Waals surface area contributed by atoms with Crippen LogP contribution >= 0.6 is 11.6 Å². The van der Waals surface area contributed by atoms with Crippen LogP contribution in [0.15, 0.2) is 46.9 Å². The number of carbonyl (C=O) groups excluding carboxylic acids is 2. The summed E-state index contributed by atoms with van der Waals surface area (Å²) in [6, 6.07) is 10.6. The van der Waals surface area contributed by atoms with Crippen molar-refractivity contribution >= 4 is 45.8 Å². The van der Waals surface area contributed by atoms with Gasteiger partial charge in [-0.05, 0) is 38.1 Å². The standard InChI is InChI=1S/C19H15ClN2O6/c1-10-13-9-12(20)7-8-16(13)28-17(10)19(24)27-11(2)18(23)21-14-5-3-4-6-15(14)22(25)26/h3-9,11H,1-2H3,(H,21,23)/t11-/m1/s1. The third kappa shape index (κ3) is 3.81. The topological polar surface area (TPSA) is 112 Å². The quantitative estimate of drug-likeness (QED) is 0.382. The maximum absolute atomic E-state index is 12.4. The minimum Gasteiger partial charge on any atom is -0.449 e. The van der Waals surface area contributed by atoms with Crippen molar-refractivity contribution in [2.75, 3.05) is 5.32 Å². The van der Waals surface area contributed by atoms with Gasteiger partial charge in [0.15, 0.2) is 6.10 Å². The number of esters is 1. The van der Waals surface area contributed by atoms with Gasteiger partial charge in [0.05, 0.1) is 4.92 Å². The van der Waals surface area contributed by atoms with Crippen LogP contribution in [0.3, 0.4) is 0 Å². The number of rotatable bonds is 5. The first kappa shape index (κ1) is 19.4. The maximum atomic E-state index is 12.4. The molecule has 9 heteroatoms. The molecule has 0 spiro atoms. The van der Waals surface area contributed by atoms with Crippen molar-refractivity contribution in [2.24, 2.45) is 0 Å². The number of hydrogen-bond acceptors (Lipinski definition) is 6. The first-order valence-corrected chi connectivity index (χ1v) is 8.59. The number of nitrogens with zero attached hydrogens (tertiary/aromatic N) is 1.